The highest BCUT2D eigenvalue weighted by molar-refractivity contribution is 5.93. The first-order valence-electron chi connectivity index (χ1n) is 9.92. The van der Waals surface area contributed by atoms with Crippen LogP contribution in [-0.4, -0.2) is 36.3 Å². The van der Waals surface area contributed by atoms with Crippen molar-refractivity contribution in [1.82, 2.24) is 10.2 Å². The largest absolute Gasteiger partial charge is 0.465 e. The predicted molar refractivity (Wildman–Crippen MR) is 112 cm³/mol. The van der Waals surface area contributed by atoms with E-state index in [0.717, 1.165) is 12.8 Å². The van der Waals surface area contributed by atoms with Gasteiger partial charge in [0.1, 0.15) is 11.3 Å². The van der Waals surface area contributed by atoms with Gasteiger partial charge in [-0.2, -0.15) is 0 Å². The van der Waals surface area contributed by atoms with Crippen molar-refractivity contribution in [2.75, 3.05) is 19.6 Å². The van der Waals surface area contributed by atoms with Gasteiger partial charge in [0, 0.05) is 31.8 Å². The summed E-state index contributed by atoms with van der Waals surface area (Å²) in [6.45, 7) is 1.74. The number of hydrogen-bond donors (Lipinski definition) is 1. The number of hydrogen-bond acceptors (Lipinski definition) is 5. The molecule has 3 aromatic rings. The number of carbonyl (C=O) groups is 2. The highest BCUT2D eigenvalue weighted by Crippen LogP contribution is 2.18. The summed E-state index contributed by atoms with van der Waals surface area (Å²) in [7, 11) is 0. The van der Waals surface area contributed by atoms with Crippen LogP contribution in [0.5, 0.6) is 0 Å². The van der Waals surface area contributed by atoms with Gasteiger partial charge in [-0.05, 0) is 49.1 Å². The van der Waals surface area contributed by atoms with Crippen LogP contribution < -0.4 is 10.7 Å². The fourth-order valence-electron chi connectivity index (χ4n) is 3.54. The maximum atomic E-state index is 12.4. The molecule has 30 heavy (non-hydrogen) atoms. The van der Waals surface area contributed by atoms with Gasteiger partial charge >= 0.3 is 0 Å². The van der Waals surface area contributed by atoms with Crippen LogP contribution in [-0.2, 0) is 4.79 Å². The number of furan rings is 1. The summed E-state index contributed by atoms with van der Waals surface area (Å²) in [5.74, 6) is 0.458. The van der Waals surface area contributed by atoms with Crippen LogP contribution in [0.4, 0.5) is 0 Å². The summed E-state index contributed by atoms with van der Waals surface area (Å²) < 4.78 is 10.8. The van der Waals surface area contributed by atoms with Gasteiger partial charge < -0.3 is 19.1 Å². The minimum atomic E-state index is -0.405. The maximum Gasteiger partial charge on any atom is 0.287 e. The molecule has 2 amide bonds. The van der Waals surface area contributed by atoms with Crippen LogP contribution in [0.2, 0.25) is 0 Å². The molecule has 1 aromatic carbocycles. The zero-order valence-electron chi connectivity index (χ0n) is 16.4. The Morgan fingerprint density at radius 3 is 2.70 bits per heavy atom. The van der Waals surface area contributed by atoms with E-state index in [1.165, 1.54) is 12.1 Å². The summed E-state index contributed by atoms with van der Waals surface area (Å²) >= 11 is 0. The summed E-state index contributed by atoms with van der Waals surface area (Å²) in [6, 6.07) is 11.6. The summed E-state index contributed by atoms with van der Waals surface area (Å²) in [6.07, 6.45) is 6.33. The molecular weight excluding hydrogens is 384 g/mol. The number of nitrogens with zero attached hydrogens (tertiary/aromatic N) is 1. The molecule has 0 aliphatic carbocycles. The molecule has 4 rings (SSSR count). The van der Waals surface area contributed by atoms with Crippen LogP contribution in [0.3, 0.4) is 0 Å². The van der Waals surface area contributed by atoms with Crippen molar-refractivity contribution < 1.29 is 18.4 Å². The van der Waals surface area contributed by atoms with Gasteiger partial charge in [0.15, 0.2) is 11.2 Å². The molecule has 1 aliphatic heterocycles. The second-order valence-electron chi connectivity index (χ2n) is 7.30. The predicted octanol–water partition coefficient (Wildman–Crippen LogP) is 3.07. The van der Waals surface area contributed by atoms with E-state index in [1.54, 1.807) is 53.6 Å². The first-order valence-corrected chi connectivity index (χ1v) is 9.92. The highest BCUT2D eigenvalue weighted by atomic mass is 16.3. The van der Waals surface area contributed by atoms with Gasteiger partial charge in [-0.1, -0.05) is 12.1 Å². The lowest BCUT2D eigenvalue weighted by molar-refractivity contribution is -0.127. The van der Waals surface area contributed by atoms with Gasteiger partial charge in [-0.3, -0.25) is 14.4 Å². The molecule has 3 heterocycles. The van der Waals surface area contributed by atoms with E-state index < -0.39 is 5.91 Å². The molecule has 2 aromatic heterocycles. The number of rotatable bonds is 5. The molecule has 0 atom stereocenters. The Morgan fingerprint density at radius 1 is 1.13 bits per heavy atom. The van der Waals surface area contributed by atoms with Crippen LogP contribution >= 0.6 is 0 Å². The molecule has 0 spiro atoms. The normalized spacial score (nSPS) is 15.0. The SMILES string of the molecule is O=C(NCC1CCN(C(=O)/C=C/c2ccco2)CC1)c1cc(=O)c2ccccc2o1. The van der Waals surface area contributed by atoms with E-state index in [-0.39, 0.29) is 23.0 Å². The van der Waals surface area contributed by atoms with Gasteiger partial charge in [0.25, 0.3) is 5.91 Å². The molecule has 0 unspecified atom stereocenters. The van der Waals surface area contributed by atoms with Gasteiger partial charge in [0.2, 0.25) is 5.91 Å². The average Bonchev–Trinajstić information content (AvgIpc) is 3.30. The molecule has 1 fully saturated rings. The van der Waals surface area contributed by atoms with Gasteiger partial charge in [-0.15, -0.1) is 0 Å². The lowest BCUT2D eigenvalue weighted by atomic mass is 9.96. The second kappa shape index (κ2) is 8.82. The van der Waals surface area contributed by atoms with E-state index in [4.69, 9.17) is 8.83 Å². The van der Waals surface area contributed by atoms with Crippen molar-refractivity contribution in [3.8, 4) is 0 Å². The Bertz CT molecular complexity index is 1120. The van der Waals surface area contributed by atoms with Crippen LogP contribution in [0.15, 0.2) is 68.4 Å². The zero-order valence-corrected chi connectivity index (χ0v) is 16.4. The van der Waals surface area contributed by atoms with Gasteiger partial charge in [-0.25, -0.2) is 0 Å². The first-order chi connectivity index (χ1) is 14.6. The molecular formula is C23H22N2O5. The lowest BCUT2D eigenvalue weighted by Gasteiger charge is -2.31. The lowest BCUT2D eigenvalue weighted by Crippen LogP contribution is -2.41. The number of piperidine rings is 1. The minimum absolute atomic E-state index is 0.00868. The quantitative estimate of drug-likeness (QED) is 0.658. The zero-order chi connectivity index (χ0) is 20.9. The smallest absolute Gasteiger partial charge is 0.287 e. The number of amides is 2. The number of nitrogens with one attached hydrogen (secondary N) is 1. The number of benzene rings is 1. The fourth-order valence-corrected chi connectivity index (χ4v) is 3.54. The van der Waals surface area contributed by atoms with Crippen molar-refractivity contribution in [3.05, 3.63) is 76.5 Å². The van der Waals surface area contributed by atoms with Crippen molar-refractivity contribution in [2.24, 2.45) is 5.92 Å². The van der Waals surface area contributed by atoms with Crippen LogP contribution in [0, 0.1) is 5.92 Å². The molecule has 7 heteroatoms. The fraction of sp³-hybridized carbons (Fsp3) is 0.261. The third-order valence-corrected chi connectivity index (χ3v) is 5.27. The van der Waals surface area contributed by atoms with Crippen LogP contribution in [0.25, 0.3) is 17.0 Å². The van der Waals surface area contributed by atoms with Crippen molar-refractivity contribution in [1.29, 1.82) is 0 Å². The van der Waals surface area contributed by atoms with E-state index in [2.05, 4.69) is 5.32 Å². The highest BCUT2D eigenvalue weighted by Gasteiger charge is 2.22. The minimum Gasteiger partial charge on any atom is -0.465 e. The number of likely N-dealkylation sites (tertiary alicyclic amines) is 1. The maximum absolute atomic E-state index is 12.4. The van der Waals surface area contributed by atoms with Crippen molar-refractivity contribution >= 4 is 28.9 Å². The molecule has 0 bridgehead atoms. The number of carbonyl (C=O) groups excluding carboxylic acids is 2. The van der Waals surface area contributed by atoms with E-state index in [9.17, 15) is 14.4 Å². The molecule has 0 saturated carbocycles. The Kier molecular flexibility index (Phi) is 5.79. The summed E-state index contributed by atoms with van der Waals surface area (Å²) in [5.41, 5.74) is 0.154. The molecule has 1 N–H and O–H groups in total. The first kappa shape index (κ1) is 19.7. The van der Waals surface area contributed by atoms with E-state index in [0.29, 0.717) is 36.4 Å². The van der Waals surface area contributed by atoms with E-state index in [1.807, 2.05) is 0 Å². The Morgan fingerprint density at radius 2 is 1.93 bits per heavy atom. The summed E-state index contributed by atoms with van der Waals surface area (Å²) in [4.78, 5) is 38.6. The molecule has 1 saturated heterocycles. The molecule has 1 aliphatic rings. The standard InChI is InChI=1S/C23H22N2O5/c26-19-14-21(30-20-6-2-1-5-18(19)20)23(28)24-15-16-9-11-25(12-10-16)22(27)8-7-17-4-3-13-29-17/h1-8,13-14,16H,9-12,15H2,(H,24,28)/b8-7+. The summed E-state index contributed by atoms with van der Waals surface area (Å²) in [5, 5.41) is 3.30. The average molecular weight is 406 g/mol. The van der Waals surface area contributed by atoms with Crippen molar-refractivity contribution in [2.45, 2.75) is 12.8 Å². The molecule has 154 valence electrons. The van der Waals surface area contributed by atoms with E-state index >= 15 is 0 Å². The Labute approximate surface area is 173 Å². The number of fused-ring (bicyclic) bond motifs is 1. The number of para-hydroxylation sites is 1. The molecule has 0 radical (unpaired) electrons. The van der Waals surface area contributed by atoms with Gasteiger partial charge in [0.05, 0.1) is 11.6 Å². The topological polar surface area (TPSA) is 92.8 Å². The third-order valence-electron chi connectivity index (χ3n) is 5.27. The Balaban J connectivity index is 1.28. The second-order valence-corrected chi connectivity index (χ2v) is 7.30. The van der Waals surface area contributed by atoms with Crippen molar-refractivity contribution in [3.63, 3.8) is 0 Å². The third kappa shape index (κ3) is 4.51. The monoisotopic (exact) mass is 406 g/mol. The molecule has 7 nitrogen and oxygen atoms in total. The van der Waals surface area contributed by atoms with Crippen LogP contribution in [0.1, 0.15) is 29.2 Å². The Hall–Kier alpha value is -3.61.